The summed E-state index contributed by atoms with van der Waals surface area (Å²) in [5, 5.41) is 82.9. The first kappa shape index (κ1) is 43.1. The Bertz CT molecular complexity index is 1930. The highest BCUT2D eigenvalue weighted by atomic mass is 16.8. The average Bonchev–Trinajstić information content (AvgIpc) is 3.21. The van der Waals surface area contributed by atoms with Gasteiger partial charge in [-0.1, -0.05) is 18.2 Å². The molecule has 0 unspecified atom stereocenters. The zero-order valence-corrected chi connectivity index (χ0v) is 31.0. The van der Waals surface area contributed by atoms with Gasteiger partial charge in [0.2, 0.25) is 18.9 Å². The molecule has 8 N–H and O–H groups in total. The van der Waals surface area contributed by atoms with Crippen LogP contribution in [0.2, 0.25) is 0 Å². The molecule has 6 rings (SSSR count). The van der Waals surface area contributed by atoms with Crippen molar-refractivity contribution in [3.8, 4) is 23.0 Å². The van der Waals surface area contributed by atoms with Gasteiger partial charge in [0.05, 0.1) is 25.0 Å². The lowest BCUT2D eigenvalue weighted by Crippen LogP contribution is -2.62. The summed E-state index contributed by atoms with van der Waals surface area (Å²) in [6.07, 6.45) is -16.2. The van der Waals surface area contributed by atoms with Gasteiger partial charge < -0.3 is 83.5 Å². The van der Waals surface area contributed by atoms with Gasteiger partial charge in [0.15, 0.2) is 35.2 Å². The number of phenolic OH excluding ortho intramolecular Hbond substituents is 3. The van der Waals surface area contributed by atoms with Crippen LogP contribution >= 0.6 is 0 Å². The third kappa shape index (κ3) is 8.91. The van der Waals surface area contributed by atoms with E-state index in [1.807, 2.05) is 0 Å². The molecular formula is C38H42O21. The van der Waals surface area contributed by atoms with Gasteiger partial charge in [0, 0.05) is 18.8 Å². The van der Waals surface area contributed by atoms with E-state index in [-0.39, 0.29) is 12.2 Å². The fraction of sp³-hybridized carbons (Fsp3) is 0.474. The van der Waals surface area contributed by atoms with E-state index in [0.717, 1.165) is 37.5 Å². The number of carbonyl (C=O) groups is 4. The number of cyclic esters (lactones) is 1. The lowest BCUT2D eigenvalue weighted by Gasteiger charge is -2.45. The van der Waals surface area contributed by atoms with Gasteiger partial charge >= 0.3 is 23.9 Å². The highest BCUT2D eigenvalue weighted by Crippen LogP contribution is 2.40. The van der Waals surface area contributed by atoms with Crippen LogP contribution < -0.4 is 4.74 Å². The van der Waals surface area contributed by atoms with Gasteiger partial charge in [-0.2, -0.15) is 0 Å². The van der Waals surface area contributed by atoms with Crippen LogP contribution in [0.15, 0.2) is 60.9 Å². The van der Waals surface area contributed by atoms with Crippen LogP contribution in [0, 0.1) is 11.8 Å². The Morgan fingerprint density at radius 1 is 0.831 bits per heavy atom. The molecule has 59 heavy (non-hydrogen) atoms. The highest BCUT2D eigenvalue weighted by Gasteiger charge is 2.53. The molecular weight excluding hydrogens is 792 g/mol. The van der Waals surface area contributed by atoms with Crippen molar-refractivity contribution in [1.82, 2.24) is 0 Å². The number of para-hydroxylation sites is 2. The van der Waals surface area contributed by atoms with Crippen LogP contribution in [0.5, 0.6) is 23.0 Å². The summed E-state index contributed by atoms with van der Waals surface area (Å²) in [5.41, 5.74) is -0.810. The van der Waals surface area contributed by atoms with Crippen molar-refractivity contribution >= 4 is 23.9 Å². The summed E-state index contributed by atoms with van der Waals surface area (Å²) in [7, 11) is 0. The molecule has 0 spiro atoms. The molecule has 0 radical (unpaired) electrons. The fourth-order valence-corrected chi connectivity index (χ4v) is 6.95. The number of aliphatic hydroxyl groups excluding tert-OH is 5. The molecule has 2 aromatic carbocycles. The van der Waals surface area contributed by atoms with Crippen molar-refractivity contribution in [2.75, 3.05) is 19.8 Å². The Balaban J connectivity index is 1.27. The second-order valence-electron chi connectivity index (χ2n) is 13.8. The number of carbonyl (C=O) groups excluding carboxylic acids is 4. The molecule has 0 aliphatic carbocycles. The normalized spacial score (nSPS) is 32.9. The maximum absolute atomic E-state index is 13.6. The third-order valence-corrected chi connectivity index (χ3v) is 10.0. The number of hydrogen-bond donors (Lipinski definition) is 8. The van der Waals surface area contributed by atoms with E-state index in [1.54, 1.807) is 0 Å². The van der Waals surface area contributed by atoms with Crippen LogP contribution in [0.1, 0.15) is 34.1 Å². The molecule has 21 heteroatoms. The van der Waals surface area contributed by atoms with Gasteiger partial charge in [-0.3, -0.25) is 4.79 Å². The SMILES string of the molecule is C=C[C@H]1[C@H](O[C@@H]2O[C@H](COC(=O)c3cccc(O)c3O[C@@H]3O[C@H](CO)[C@@H](O)[C@H](O)[C@H]3O)[C@@H](O)[C@H](OC(C)=O)[C@H]2OC(=O)c2cccc(O)c2O)OC=C2C(=O)OCC[C@H]21. The van der Waals surface area contributed by atoms with Crippen molar-refractivity contribution in [3.63, 3.8) is 0 Å². The molecule has 2 aromatic rings. The number of rotatable bonds is 12. The van der Waals surface area contributed by atoms with E-state index in [9.17, 15) is 60.0 Å². The predicted octanol–water partition coefficient (Wildman–Crippen LogP) is -0.996. The van der Waals surface area contributed by atoms with Gasteiger partial charge in [0.1, 0.15) is 54.4 Å². The zero-order valence-electron chi connectivity index (χ0n) is 31.0. The van der Waals surface area contributed by atoms with Crippen molar-refractivity contribution in [3.05, 3.63) is 72.0 Å². The number of hydrogen-bond acceptors (Lipinski definition) is 21. The van der Waals surface area contributed by atoms with Gasteiger partial charge in [-0.25, -0.2) is 14.4 Å². The molecule has 4 aliphatic heterocycles. The first-order chi connectivity index (χ1) is 28.1. The molecule has 0 bridgehead atoms. The second-order valence-corrected chi connectivity index (χ2v) is 13.8. The van der Waals surface area contributed by atoms with Crippen molar-refractivity contribution < 1.29 is 103 Å². The summed E-state index contributed by atoms with van der Waals surface area (Å²) >= 11 is 0. The van der Waals surface area contributed by atoms with Gasteiger partial charge in [-0.05, 0) is 30.7 Å². The lowest BCUT2D eigenvalue weighted by molar-refractivity contribution is -0.339. The highest BCUT2D eigenvalue weighted by molar-refractivity contribution is 5.94. The zero-order chi connectivity index (χ0) is 42.7. The largest absolute Gasteiger partial charge is 0.504 e. The molecule has 0 saturated carbocycles. The van der Waals surface area contributed by atoms with E-state index in [1.165, 1.54) is 18.2 Å². The monoisotopic (exact) mass is 834 g/mol. The maximum atomic E-state index is 13.6. The Kier molecular flexibility index (Phi) is 13.3. The fourth-order valence-electron chi connectivity index (χ4n) is 6.95. The number of benzene rings is 2. The molecule has 4 aliphatic rings. The van der Waals surface area contributed by atoms with Crippen molar-refractivity contribution in [2.24, 2.45) is 11.8 Å². The van der Waals surface area contributed by atoms with E-state index >= 15 is 0 Å². The van der Waals surface area contributed by atoms with Crippen molar-refractivity contribution in [2.45, 2.75) is 81.0 Å². The summed E-state index contributed by atoms with van der Waals surface area (Å²) in [4.78, 5) is 51.9. The molecule has 3 saturated heterocycles. The van der Waals surface area contributed by atoms with Crippen molar-refractivity contribution in [1.29, 1.82) is 0 Å². The molecule has 320 valence electrons. The van der Waals surface area contributed by atoms with Crippen LogP contribution in [-0.2, 0) is 47.5 Å². The maximum Gasteiger partial charge on any atom is 0.342 e. The molecule has 0 aromatic heterocycles. The van der Waals surface area contributed by atoms with Crippen LogP contribution in [0.3, 0.4) is 0 Å². The molecule has 0 amide bonds. The number of fused-ring (bicyclic) bond motifs is 1. The van der Waals surface area contributed by atoms with Gasteiger partial charge in [0.25, 0.3) is 0 Å². The predicted molar refractivity (Wildman–Crippen MR) is 189 cm³/mol. The number of esters is 4. The quantitative estimate of drug-likeness (QED) is 0.0550. The topological polar surface area (TPSA) is 313 Å². The van der Waals surface area contributed by atoms with E-state index < -0.39 is 151 Å². The Morgan fingerprint density at radius 3 is 2.22 bits per heavy atom. The first-order valence-electron chi connectivity index (χ1n) is 18.1. The minimum atomic E-state index is -1.95. The molecule has 21 nitrogen and oxygen atoms in total. The third-order valence-electron chi connectivity index (χ3n) is 10.0. The van der Waals surface area contributed by atoms with E-state index in [0.29, 0.717) is 6.42 Å². The number of aliphatic hydroxyl groups is 5. The molecule has 13 atom stereocenters. The Morgan fingerprint density at radius 2 is 1.53 bits per heavy atom. The van der Waals surface area contributed by atoms with E-state index in [4.69, 9.17) is 42.6 Å². The average molecular weight is 835 g/mol. The number of aromatic hydroxyl groups is 3. The van der Waals surface area contributed by atoms with Gasteiger partial charge in [-0.15, -0.1) is 6.58 Å². The van der Waals surface area contributed by atoms with E-state index in [2.05, 4.69) is 6.58 Å². The van der Waals surface area contributed by atoms with Crippen LogP contribution in [0.4, 0.5) is 0 Å². The lowest BCUT2D eigenvalue weighted by atomic mass is 9.81. The smallest absolute Gasteiger partial charge is 0.342 e. The van der Waals surface area contributed by atoms with Crippen LogP contribution in [-0.4, -0.2) is 152 Å². The Hall–Kier alpha value is -5.52. The number of phenols is 3. The number of ether oxygens (including phenoxy) is 9. The minimum Gasteiger partial charge on any atom is -0.504 e. The minimum absolute atomic E-state index is 0.0775. The standard InChI is InChI=1S/C38H42O21/c1-3-16-17-10-11-51-34(49)20(17)13-53-36(16)59-38-32(57-35(50)18-6-4-8-21(41)25(18)43)31(54-15(2)40)27(45)24(56-38)14-52-33(48)19-7-5-9-22(42)30(19)58-37-29(47)28(46)26(44)23(12-39)55-37/h3-9,13,16-17,23-24,26-29,31-32,36-39,41-47H,1,10-12,14H2,2H3/t16-,17+,23-,24-,26-,27-,28+,29-,31+,32-,36+,37+,38+/m1/s1. The Labute approximate surface area is 334 Å². The molecule has 4 heterocycles. The summed E-state index contributed by atoms with van der Waals surface area (Å²) in [6.45, 7) is 3.24. The van der Waals surface area contributed by atoms with Crippen LogP contribution in [0.25, 0.3) is 0 Å². The first-order valence-corrected chi connectivity index (χ1v) is 18.1. The summed E-state index contributed by atoms with van der Waals surface area (Å²) in [5.74, 6) is -8.16. The summed E-state index contributed by atoms with van der Waals surface area (Å²) < 4.78 is 50.4. The molecule has 3 fully saturated rings. The second kappa shape index (κ2) is 18.2. The summed E-state index contributed by atoms with van der Waals surface area (Å²) in [6, 6.07) is 6.91.